The molecule has 6 aromatic rings. The Morgan fingerprint density at radius 1 is 0.784 bits per heavy atom. The third-order valence-electron chi connectivity index (χ3n) is 7.04. The minimum Gasteiger partial charge on any atom is -0.494 e. The Balaban J connectivity index is 1.03. The Morgan fingerprint density at radius 2 is 1.51 bits per heavy atom. The Morgan fingerprint density at radius 3 is 2.22 bits per heavy atom. The van der Waals surface area contributed by atoms with Gasteiger partial charge in [-0.1, -0.05) is 11.6 Å². The van der Waals surface area contributed by atoms with Gasteiger partial charge in [-0.2, -0.15) is 0 Å². The van der Waals surface area contributed by atoms with E-state index in [9.17, 15) is 29.4 Å². The van der Waals surface area contributed by atoms with Crippen LogP contribution in [0.5, 0.6) is 11.5 Å². The quantitative estimate of drug-likeness (QED) is 0.118. The number of tetrazole rings is 1. The van der Waals surface area contributed by atoms with Crippen LogP contribution < -0.4 is 20.1 Å². The lowest BCUT2D eigenvalue weighted by Crippen LogP contribution is -2.17. The molecular formula is C31H24ClN11O8. The summed E-state index contributed by atoms with van der Waals surface area (Å²) in [5, 5.41) is 47.1. The van der Waals surface area contributed by atoms with Crippen LogP contribution in [0.25, 0.3) is 11.5 Å². The van der Waals surface area contributed by atoms with Crippen molar-refractivity contribution in [3.8, 4) is 17.3 Å². The molecule has 0 saturated heterocycles. The number of carboxylic acids is 2. The number of fused-ring (bicyclic) bond motifs is 1. The number of halogens is 1. The number of carbonyl (C=O) groups is 4. The van der Waals surface area contributed by atoms with Gasteiger partial charge in [-0.05, 0) is 65.7 Å². The second kappa shape index (κ2) is 15.0. The number of benzene rings is 2. The molecule has 258 valence electrons. The monoisotopic (exact) mass is 713 g/mol. The first-order valence-electron chi connectivity index (χ1n) is 14.9. The van der Waals surface area contributed by atoms with Gasteiger partial charge in [0.2, 0.25) is 0 Å². The highest BCUT2D eigenvalue weighted by Crippen LogP contribution is 2.32. The number of unbranched alkanes of at least 4 members (excludes halogenated alkanes) is 1. The van der Waals surface area contributed by atoms with Crippen LogP contribution in [0.3, 0.4) is 0 Å². The molecule has 0 saturated carbocycles. The van der Waals surface area contributed by atoms with Crippen molar-refractivity contribution in [1.29, 1.82) is 0 Å². The van der Waals surface area contributed by atoms with E-state index in [0.717, 1.165) is 4.63 Å². The summed E-state index contributed by atoms with van der Waals surface area (Å²) in [6.45, 7) is 0.357. The third-order valence-corrected chi connectivity index (χ3v) is 7.33. The van der Waals surface area contributed by atoms with E-state index in [1.54, 1.807) is 23.0 Å². The fourth-order valence-electron chi connectivity index (χ4n) is 4.55. The van der Waals surface area contributed by atoms with Crippen LogP contribution in [0, 0.1) is 0 Å². The smallest absolute Gasteiger partial charge is 0.337 e. The average Bonchev–Trinajstić information content (AvgIpc) is 3.83. The van der Waals surface area contributed by atoms with Gasteiger partial charge in [0.25, 0.3) is 11.8 Å². The van der Waals surface area contributed by atoms with Crippen molar-refractivity contribution in [2.45, 2.75) is 12.8 Å². The number of carboxylic acid groups (broad SMARTS) is 2. The van der Waals surface area contributed by atoms with E-state index < -0.39 is 23.8 Å². The third kappa shape index (κ3) is 8.00. The van der Waals surface area contributed by atoms with Gasteiger partial charge < -0.3 is 30.3 Å². The maximum absolute atomic E-state index is 12.9. The summed E-state index contributed by atoms with van der Waals surface area (Å²) in [6, 6.07) is 12.5. The van der Waals surface area contributed by atoms with Gasteiger partial charge in [0.05, 0.1) is 40.7 Å². The van der Waals surface area contributed by atoms with E-state index in [-0.39, 0.29) is 57.9 Å². The lowest BCUT2D eigenvalue weighted by molar-refractivity contribution is 0.0686. The number of ether oxygens (including phenoxy) is 2. The number of amides is 2. The summed E-state index contributed by atoms with van der Waals surface area (Å²) in [6.07, 6.45) is 5.70. The zero-order chi connectivity index (χ0) is 35.9. The zero-order valence-electron chi connectivity index (χ0n) is 26.0. The van der Waals surface area contributed by atoms with Gasteiger partial charge in [-0.25, -0.2) is 14.6 Å². The highest BCUT2D eigenvalue weighted by Gasteiger charge is 2.20. The molecule has 51 heavy (non-hydrogen) atoms. The summed E-state index contributed by atoms with van der Waals surface area (Å²) < 4.78 is 14.2. The molecule has 0 aliphatic heterocycles. The van der Waals surface area contributed by atoms with Crippen LogP contribution in [-0.2, 0) is 0 Å². The largest absolute Gasteiger partial charge is 0.494 e. The Bertz CT molecular complexity index is 2240. The molecule has 0 radical (unpaired) electrons. The Hall–Kier alpha value is -7.02. The molecule has 0 aliphatic rings. The number of aromatic nitrogens is 9. The number of nitrogens with one attached hydrogen (secondary N) is 2. The fraction of sp³-hybridized carbons (Fsp3) is 0.129. The molecule has 0 bridgehead atoms. The standard InChI is InChI=1S/C31H24ClN11O8/c32-20-14-19(31(48)49)24(35-28(44)21-5-7-26(37-36-21)42-10-9-33-16-42)15-25(20)51-12-2-1-11-50-17-3-4-18(30(46)47)23(13-17)34-29(45)22-6-8-27-38-40-41-43(27)39-22/h3-10,13-16H,1-2,11-12H2,(H,34,45)(H,35,44)(H,46,47)(H,48,49). The number of nitrogens with zero attached hydrogens (tertiary/aromatic N) is 9. The number of hydrogen-bond donors (Lipinski definition) is 4. The molecule has 19 nitrogen and oxygen atoms in total. The number of carbonyl (C=O) groups excluding carboxylic acids is 2. The van der Waals surface area contributed by atoms with Gasteiger partial charge >= 0.3 is 11.9 Å². The summed E-state index contributed by atoms with van der Waals surface area (Å²) in [4.78, 5) is 53.3. The molecule has 0 aliphatic carbocycles. The Kier molecular flexibility index (Phi) is 9.98. The van der Waals surface area contributed by atoms with Crippen LogP contribution in [0.2, 0.25) is 5.02 Å². The summed E-state index contributed by atoms with van der Waals surface area (Å²) in [7, 11) is 0. The first-order valence-corrected chi connectivity index (χ1v) is 15.2. The second-order valence-corrected chi connectivity index (χ2v) is 10.9. The maximum atomic E-state index is 12.9. The molecule has 0 atom stereocenters. The lowest BCUT2D eigenvalue weighted by Gasteiger charge is -2.14. The highest BCUT2D eigenvalue weighted by molar-refractivity contribution is 6.32. The van der Waals surface area contributed by atoms with Crippen LogP contribution in [0.15, 0.2) is 73.3 Å². The molecular weight excluding hydrogens is 690 g/mol. The molecule has 4 N–H and O–H groups in total. The summed E-state index contributed by atoms with van der Waals surface area (Å²) in [5.74, 6) is -3.09. The van der Waals surface area contributed by atoms with E-state index in [4.69, 9.17) is 21.1 Å². The van der Waals surface area contributed by atoms with Crippen molar-refractivity contribution in [3.63, 3.8) is 0 Å². The summed E-state index contributed by atoms with van der Waals surface area (Å²) >= 11 is 6.29. The van der Waals surface area contributed by atoms with Gasteiger partial charge in [0.1, 0.15) is 17.8 Å². The second-order valence-electron chi connectivity index (χ2n) is 10.5. The van der Waals surface area contributed by atoms with Gasteiger partial charge in [-0.15, -0.1) is 25.0 Å². The number of hydrogen-bond acceptors (Lipinski definition) is 13. The average molecular weight is 714 g/mol. The molecule has 0 spiro atoms. The predicted octanol–water partition coefficient (Wildman–Crippen LogP) is 3.29. The molecule has 2 amide bonds. The van der Waals surface area contributed by atoms with E-state index >= 15 is 0 Å². The van der Waals surface area contributed by atoms with Crippen molar-refractivity contribution >= 4 is 52.4 Å². The number of rotatable bonds is 14. The summed E-state index contributed by atoms with van der Waals surface area (Å²) in [5.41, 5.74) is -0.262. The van der Waals surface area contributed by atoms with Crippen molar-refractivity contribution in [2.24, 2.45) is 0 Å². The fourth-order valence-corrected chi connectivity index (χ4v) is 4.76. The first-order chi connectivity index (χ1) is 24.7. The normalized spacial score (nSPS) is 10.8. The molecule has 4 aromatic heterocycles. The molecule has 0 unspecified atom stereocenters. The Labute approximate surface area is 290 Å². The molecule has 2 aromatic carbocycles. The van der Waals surface area contributed by atoms with Crippen LogP contribution in [0.1, 0.15) is 54.5 Å². The molecule has 6 rings (SSSR count). The highest BCUT2D eigenvalue weighted by atomic mass is 35.5. The lowest BCUT2D eigenvalue weighted by atomic mass is 10.1. The van der Waals surface area contributed by atoms with Crippen molar-refractivity contribution < 1.29 is 38.9 Å². The van der Waals surface area contributed by atoms with Gasteiger partial charge in [0.15, 0.2) is 22.9 Å². The number of imidazole rings is 1. The van der Waals surface area contributed by atoms with E-state index in [0.29, 0.717) is 30.1 Å². The van der Waals surface area contributed by atoms with Crippen molar-refractivity contribution in [1.82, 2.24) is 45.0 Å². The number of aromatic carboxylic acids is 2. The van der Waals surface area contributed by atoms with Crippen LogP contribution >= 0.6 is 11.6 Å². The maximum Gasteiger partial charge on any atom is 0.337 e. The van der Waals surface area contributed by atoms with Gasteiger partial charge in [0, 0.05) is 24.5 Å². The molecule has 4 heterocycles. The van der Waals surface area contributed by atoms with E-state index in [2.05, 4.69) is 46.4 Å². The SMILES string of the molecule is O=C(Nc1cc(OCCCCOc2ccc(C(=O)O)c(NC(=O)c3ccc4nnnn4n3)c2)c(Cl)cc1C(=O)O)c1ccc(-n2ccnc2)nn1. The van der Waals surface area contributed by atoms with Crippen LogP contribution in [0.4, 0.5) is 11.4 Å². The first kappa shape index (κ1) is 33.9. The van der Waals surface area contributed by atoms with E-state index in [1.165, 1.54) is 54.9 Å². The van der Waals surface area contributed by atoms with Gasteiger partial charge in [-0.3, -0.25) is 14.2 Å². The van der Waals surface area contributed by atoms with Crippen molar-refractivity contribution in [3.05, 3.63) is 101 Å². The zero-order valence-corrected chi connectivity index (χ0v) is 26.8. The number of anilines is 2. The van der Waals surface area contributed by atoms with E-state index in [1.807, 2.05) is 0 Å². The molecule has 20 heteroatoms. The topological polar surface area (TPSA) is 251 Å². The van der Waals surface area contributed by atoms with Crippen molar-refractivity contribution in [2.75, 3.05) is 23.8 Å². The predicted molar refractivity (Wildman–Crippen MR) is 176 cm³/mol. The molecule has 0 fully saturated rings. The minimum absolute atomic E-state index is 0.00664. The minimum atomic E-state index is -1.32. The van der Waals surface area contributed by atoms with Crippen LogP contribution in [-0.4, -0.2) is 92.2 Å².